The van der Waals surface area contributed by atoms with Crippen LogP contribution in [0.25, 0.3) is 11.0 Å². The van der Waals surface area contributed by atoms with Gasteiger partial charge in [-0.05, 0) is 66.9 Å². The molecule has 0 aliphatic carbocycles. The number of amides is 2. The SMILES string of the molecule is CCN1CCN(Cc2ccc(NC(=O)N3CCc4ccc(Oc5c(C)cnc6[nH]ccc56)cc4C3)cc2C(F)(F)F)CC1. The number of piperazine rings is 1. The molecule has 0 spiro atoms. The van der Waals surface area contributed by atoms with Gasteiger partial charge in [0, 0.05) is 69.5 Å². The van der Waals surface area contributed by atoms with E-state index in [-0.39, 0.29) is 17.8 Å². The van der Waals surface area contributed by atoms with Crippen LogP contribution in [0.2, 0.25) is 0 Å². The number of hydrogen-bond acceptors (Lipinski definition) is 5. The first-order valence-corrected chi connectivity index (χ1v) is 14.6. The maximum Gasteiger partial charge on any atom is 0.416 e. The van der Waals surface area contributed by atoms with Crippen LogP contribution >= 0.6 is 0 Å². The van der Waals surface area contributed by atoms with Crippen molar-refractivity contribution < 1.29 is 22.7 Å². The van der Waals surface area contributed by atoms with Crippen molar-refractivity contribution >= 4 is 22.8 Å². The number of aromatic nitrogens is 2. The highest BCUT2D eigenvalue weighted by Gasteiger charge is 2.34. The minimum absolute atomic E-state index is 0.128. The number of anilines is 1. The number of aromatic amines is 1. The van der Waals surface area contributed by atoms with E-state index in [0.717, 1.165) is 66.5 Å². The van der Waals surface area contributed by atoms with Gasteiger partial charge in [-0.1, -0.05) is 19.1 Å². The maximum absolute atomic E-state index is 14.1. The molecule has 0 unspecified atom stereocenters. The van der Waals surface area contributed by atoms with E-state index in [1.165, 1.54) is 6.07 Å². The van der Waals surface area contributed by atoms with Gasteiger partial charge in [-0.2, -0.15) is 13.2 Å². The number of urea groups is 1. The predicted octanol–water partition coefficient (Wildman–Crippen LogP) is 6.41. The van der Waals surface area contributed by atoms with Crippen molar-refractivity contribution in [3.63, 3.8) is 0 Å². The molecule has 2 amide bonds. The van der Waals surface area contributed by atoms with Crippen molar-refractivity contribution in [2.24, 2.45) is 0 Å². The average Bonchev–Trinajstić information content (AvgIpc) is 3.48. The van der Waals surface area contributed by atoms with E-state index in [1.807, 2.05) is 37.4 Å². The highest BCUT2D eigenvalue weighted by atomic mass is 19.4. The highest BCUT2D eigenvalue weighted by molar-refractivity contribution is 5.89. The van der Waals surface area contributed by atoms with Crippen molar-refractivity contribution in [2.75, 3.05) is 44.6 Å². The summed E-state index contributed by atoms with van der Waals surface area (Å²) in [5.74, 6) is 1.35. The lowest BCUT2D eigenvalue weighted by Crippen LogP contribution is -2.45. The van der Waals surface area contributed by atoms with E-state index in [1.54, 1.807) is 17.2 Å². The third kappa shape index (κ3) is 6.33. The van der Waals surface area contributed by atoms with E-state index in [0.29, 0.717) is 31.0 Å². The van der Waals surface area contributed by atoms with Gasteiger partial charge < -0.3 is 24.8 Å². The Bertz CT molecular complexity index is 1630. The van der Waals surface area contributed by atoms with Crippen LogP contribution in [0.5, 0.6) is 11.5 Å². The highest BCUT2D eigenvalue weighted by Crippen LogP contribution is 2.36. The summed E-state index contributed by atoms with van der Waals surface area (Å²) < 4.78 is 48.5. The first kappa shape index (κ1) is 29.0. The number of fused-ring (bicyclic) bond motifs is 2. The van der Waals surface area contributed by atoms with Gasteiger partial charge >= 0.3 is 12.2 Å². The lowest BCUT2D eigenvalue weighted by Gasteiger charge is -2.34. The molecule has 2 aliphatic rings. The van der Waals surface area contributed by atoms with Crippen LogP contribution < -0.4 is 10.1 Å². The van der Waals surface area contributed by atoms with Gasteiger partial charge in [0.25, 0.3) is 0 Å². The second-order valence-corrected chi connectivity index (χ2v) is 11.2. The standard InChI is InChI=1S/C32H35F3N6O2/c1-3-39-12-14-40(15-13-39)19-23-4-6-25(17-28(23)32(33,34)35)38-31(42)41-11-9-22-5-7-26(16-24(22)20-41)43-29-21(2)18-37-30-27(29)8-10-36-30/h4-8,10,16-18H,3,9,11-15,19-20H2,1-2H3,(H,36,37)(H,38,42). The number of halogens is 3. The number of nitrogens with zero attached hydrogens (tertiary/aromatic N) is 4. The number of aryl methyl sites for hydroxylation is 1. The molecule has 1 saturated heterocycles. The molecule has 226 valence electrons. The van der Waals surface area contributed by atoms with Crippen LogP contribution in [0, 0.1) is 6.92 Å². The second kappa shape index (κ2) is 11.9. The molecule has 8 nitrogen and oxygen atoms in total. The van der Waals surface area contributed by atoms with Crippen LogP contribution in [-0.2, 0) is 25.7 Å². The third-order valence-corrected chi connectivity index (χ3v) is 8.38. The monoisotopic (exact) mass is 592 g/mol. The van der Waals surface area contributed by atoms with Gasteiger partial charge in [0.05, 0.1) is 10.9 Å². The number of rotatable bonds is 6. The fourth-order valence-electron chi connectivity index (χ4n) is 5.87. The summed E-state index contributed by atoms with van der Waals surface area (Å²) in [7, 11) is 0. The Morgan fingerprint density at radius 2 is 1.81 bits per heavy atom. The number of ether oxygens (including phenoxy) is 1. The van der Waals surface area contributed by atoms with Crippen LogP contribution in [0.1, 0.15) is 34.7 Å². The third-order valence-electron chi connectivity index (χ3n) is 8.38. The molecule has 2 aromatic heterocycles. The Morgan fingerprint density at radius 3 is 2.58 bits per heavy atom. The lowest BCUT2D eigenvalue weighted by atomic mass is 9.99. The Kier molecular flexibility index (Phi) is 8.02. The molecular formula is C32H35F3N6O2. The fourth-order valence-corrected chi connectivity index (χ4v) is 5.87. The van der Waals surface area contributed by atoms with E-state index in [2.05, 4.69) is 32.0 Å². The van der Waals surface area contributed by atoms with Gasteiger partial charge in [0.1, 0.15) is 17.1 Å². The zero-order chi connectivity index (χ0) is 30.1. The molecule has 4 aromatic rings. The number of pyridine rings is 1. The number of carbonyl (C=O) groups excluding carboxylic acids is 1. The number of benzene rings is 2. The van der Waals surface area contributed by atoms with Gasteiger partial charge in [-0.25, -0.2) is 9.78 Å². The topological polar surface area (TPSA) is 76.7 Å². The number of nitrogens with one attached hydrogen (secondary N) is 2. The summed E-state index contributed by atoms with van der Waals surface area (Å²) in [4.78, 5) is 26.6. The van der Waals surface area contributed by atoms with Crippen LogP contribution in [0.15, 0.2) is 54.9 Å². The molecule has 2 aromatic carbocycles. The van der Waals surface area contributed by atoms with Gasteiger partial charge in [-0.15, -0.1) is 0 Å². The zero-order valence-electron chi connectivity index (χ0n) is 24.3. The van der Waals surface area contributed by atoms with Crippen LogP contribution in [-0.4, -0.2) is 70.0 Å². The van der Waals surface area contributed by atoms with Crippen molar-refractivity contribution in [1.29, 1.82) is 0 Å². The zero-order valence-corrected chi connectivity index (χ0v) is 24.3. The number of H-pyrrole nitrogens is 1. The summed E-state index contributed by atoms with van der Waals surface area (Å²) in [6.45, 7) is 9.11. The molecule has 11 heteroatoms. The summed E-state index contributed by atoms with van der Waals surface area (Å²) in [5.41, 5.74) is 3.31. The molecule has 6 rings (SSSR count). The molecule has 0 radical (unpaired) electrons. The van der Waals surface area contributed by atoms with E-state index in [4.69, 9.17) is 4.74 Å². The Balaban J connectivity index is 1.14. The van der Waals surface area contributed by atoms with Gasteiger partial charge in [0.2, 0.25) is 0 Å². The molecule has 0 bridgehead atoms. The summed E-state index contributed by atoms with van der Waals surface area (Å²) in [6, 6.07) is 11.4. The molecule has 2 aliphatic heterocycles. The quantitative estimate of drug-likeness (QED) is 0.271. The van der Waals surface area contributed by atoms with Gasteiger partial charge in [0.15, 0.2) is 0 Å². The minimum Gasteiger partial charge on any atom is -0.456 e. The van der Waals surface area contributed by atoms with Crippen LogP contribution in [0.4, 0.5) is 23.7 Å². The van der Waals surface area contributed by atoms with Crippen molar-refractivity contribution in [3.8, 4) is 11.5 Å². The largest absolute Gasteiger partial charge is 0.456 e. The summed E-state index contributed by atoms with van der Waals surface area (Å²) in [6.07, 6.45) is -0.325. The predicted molar refractivity (Wildman–Crippen MR) is 159 cm³/mol. The maximum atomic E-state index is 14.1. The average molecular weight is 593 g/mol. The molecule has 0 atom stereocenters. The Morgan fingerprint density at radius 1 is 1.02 bits per heavy atom. The van der Waals surface area contributed by atoms with Crippen LogP contribution in [0.3, 0.4) is 0 Å². The lowest BCUT2D eigenvalue weighted by molar-refractivity contribution is -0.138. The molecular weight excluding hydrogens is 557 g/mol. The molecule has 43 heavy (non-hydrogen) atoms. The number of likely N-dealkylation sites (N-methyl/N-ethyl adjacent to an activating group) is 1. The molecule has 2 N–H and O–H groups in total. The van der Waals surface area contributed by atoms with E-state index in [9.17, 15) is 18.0 Å². The Hall–Kier alpha value is -4.09. The molecule has 1 fully saturated rings. The fraction of sp³-hybridized carbons (Fsp3) is 0.375. The van der Waals surface area contributed by atoms with Crippen molar-refractivity contribution in [3.05, 3.63) is 82.7 Å². The smallest absolute Gasteiger partial charge is 0.416 e. The summed E-state index contributed by atoms with van der Waals surface area (Å²) in [5, 5.41) is 3.58. The number of carbonyl (C=O) groups is 1. The van der Waals surface area contributed by atoms with E-state index < -0.39 is 17.8 Å². The first-order valence-electron chi connectivity index (χ1n) is 14.6. The summed E-state index contributed by atoms with van der Waals surface area (Å²) >= 11 is 0. The second-order valence-electron chi connectivity index (χ2n) is 11.2. The van der Waals surface area contributed by atoms with Crippen molar-refractivity contribution in [1.82, 2.24) is 24.7 Å². The first-order chi connectivity index (χ1) is 20.7. The minimum atomic E-state index is -4.53. The molecule has 4 heterocycles. The van der Waals surface area contributed by atoms with Gasteiger partial charge in [-0.3, -0.25) is 4.90 Å². The normalized spacial score (nSPS) is 16.3. The van der Waals surface area contributed by atoms with Crippen molar-refractivity contribution in [2.45, 2.75) is 39.5 Å². The van der Waals surface area contributed by atoms with E-state index >= 15 is 0 Å². The Labute approximate surface area is 248 Å². The molecule has 0 saturated carbocycles. The number of hydrogen-bond donors (Lipinski definition) is 2. The number of alkyl halides is 3.